The maximum Gasteiger partial charge on any atom is 0.137 e. The topological polar surface area (TPSA) is 18.1 Å². The van der Waals surface area contributed by atoms with Gasteiger partial charge in [0.1, 0.15) is 11.2 Å². The van der Waals surface area contributed by atoms with Gasteiger partial charge in [-0.05, 0) is 104 Å². The Bertz CT molecular complexity index is 3700. The van der Waals surface area contributed by atoms with Gasteiger partial charge in [-0.3, -0.25) is 0 Å². The summed E-state index contributed by atoms with van der Waals surface area (Å²) >= 11 is 1.87. The Morgan fingerprint density at radius 1 is 0.397 bits per heavy atom. The second-order valence-corrected chi connectivity index (χ2v) is 17.0. The summed E-state index contributed by atoms with van der Waals surface area (Å²) in [6.07, 6.45) is 0. The summed E-state index contributed by atoms with van der Waals surface area (Å²) in [4.78, 5) is 0. The summed E-state index contributed by atoms with van der Waals surface area (Å²) < 4.78 is 11.8. The van der Waals surface area contributed by atoms with E-state index >= 15 is 0 Å². The van der Waals surface area contributed by atoms with Gasteiger partial charge in [0.15, 0.2) is 0 Å². The SMILES string of the molecule is c1ccc2c(c1)-c1ccccc1C21c2ccccc2-c2ccc(-c3ccc4oc5cccc(-n6c7ccccc7c7ccc8sc9ccccc9c8c76)c5c4c3)cc21. The largest absolute Gasteiger partial charge is 0.456 e. The van der Waals surface area contributed by atoms with E-state index in [4.69, 9.17) is 4.42 Å². The number of aromatic nitrogens is 1. The molecule has 0 saturated heterocycles. The first-order chi connectivity index (χ1) is 28.8. The van der Waals surface area contributed by atoms with E-state index in [9.17, 15) is 0 Å². The number of para-hydroxylation sites is 1. The molecule has 1 spiro atoms. The Morgan fingerprint density at radius 3 is 1.81 bits per heavy atom. The lowest BCUT2D eigenvalue weighted by Gasteiger charge is -2.30. The highest BCUT2D eigenvalue weighted by atomic mass is 32.1. The van der Waals surface area contributed by atoms with Crippen molar-refractivity contribution in [2.75, 3.05) is 0 Å². The number of thiophene rings is 1. The van der Waals surface area contributed by atoms with Gasteiger partial charge in [-0.25, -0.2) is 0 Å². The highest BCUT2D eigenvalue weighted by Gasteiger charge is 2.51. The van der Waals surface area contributed by atoms with Gasteiger partial charge in [-0.15, -0.1) is 11.3 Å². The van der Waals surface area contributed by atoms with Crippen LogP contribution in [0.2, 0.25) is 0 Å². The summed E-state index contributed by atoms with van der Waals surface area (Å²) in [7, 11) is 0. The normalized spacial score (nSPS) is 13.7. The van der Waals surface area contributed by atoms with E-state index in [-0.39, 0.29) is 5.41 Å². The van der Waals surface area contributed by atoms with Crippen LogP contribution in [0.5, 0.6) is 0 Å². The van der Waals surface area contributed by atoms with Crippen LogP contribution in [0.4, 0.5) is 0 Å². The van der Waals surface area contributed by atoms with Gasteiger partial charge in [-0.2, -0.15) is 0 Å². The van der Waals surface area contributed by atoms with Gasteiger partial charge in [-0.1, -0.05) is 140 Å². The molecule has 0 fully saturated rings. The van der Waals surface area contributed by atoms with E-state index in [0.29, 0.717) is 0 Å². The van der Waals surface area contributed by atoms with Crippen LogP contribution in [-0.2, 0) is 5.41 Å². The van der Waals surface area contributed by atoms with Crippen LogP contribution >= 0.6 is 11.3 Å². The maximum atomic E-state index is 6.71. The number of furan rings is 1. The number of rotatable bonds is 2. The predicted octanol–water partition coefficient (Wildman–Crippen LogP) is 15.1. The van der Waals surface area contributed by atoms with Gasteiger partial charge >= 0.3 is 0 Å². The minimum atomic E-state index is -0.386. The molecular formula is C55H31NOS. The fraction of sp³-hybridized carbons (Fsp3) is 0.0182. The van der Waals surface area contributed by atoms with Crippen molar-refractivity contribution in [1.82, 2.24) is 4.57 Å². The molecular weight excluding hydrogens is 723 g/mol. The highest BCUT2D eigenvalue weighted by molar-refractivity contribution is 7.26. The lowest BCUT2D eigenvalue weighted by molar-refractivity contribution is 0.669. The number of benzene rings is 9. The molecule has 0 bridgehead atoms. The van der Waals surface area contributed by atoms with Crippen LogP contribution < -0.4 is 0 Å². The van der Waals surface area contributed by atoms with Crippen molar-refractivity contribution in [3.8, 4) is 39.1 Å². The van der Waals surface area contributed by atoms with Crippen molar-refractivity contribution in [2.45, 2.75) is 5.41 Å². The van der Waals surface area contributed by atoms with E-state index in [1.54, 1.807) is 0 Å². The minimum absolute atomic E-state index is 0.386. The lowest BCUT2D eigenvalue weighted by atomic mass is 9.70. The quantitative estimate of drug-likeness (QED) is 0.172. The first kappa shape index (κ1) is 31.0. The second kappa shape index (κ2) is 11.0. The van der Waals surface area contributed by atoms with Crippen molar-refractivity contribution >= 4 is 75.3 Å². The number of nitrogens with zero attached hydrogens (tertiary/aromatic N) is 1. The second-order valence-electron chi connectivity index (χ2n) is 15.9. The Morgan fingerprint density at radius 2 is 1.03 bits per heavy atom. The molecule has 2 nitrogen and oxygen atoms in total. The molecule has 3 heteroatoms. The summed E-state index contributed by atoms with van der Waals surface area (Å²) in [5.41, 5.74) is 18.0. The van der Waals surface area contributed by atoms with Crippen molar-refractivity contribution in [2.24, 2.45) is 0 Å². The average Bonchev–Trinajstić information content (AvgIpc) is 4.07. The number of hydrogen-bond donors (Lipinski definition) is 0. The Kier molecular flexibility index (Phi) is 5.87. The van der Waals surface area contributed by atoms with Crippen molar-refractivity contribution in [3.63, 3.8) is 0 Å². The molecule has 0 unspecified atom stereocenters. The Labute approximate surface area is 337 Å². The fourth-order valence-corrected chi connectivity index (χ4v) is 12.1. The molecule has 0 N–H and O–H groups in total. The molecule has 0 radical (unpaired) electrons. The molecule has 0 aliphatic heterocycles. The van der Waals surface area contributed by atoms with Gasteiger partial charge in [0.25, 0.3) is 0 Å². The minimum Gasteiger partial charge on any atom is -0.456 e. The zero-order valence-electron chi connectivity index (χ0n) is 31.2. The number of fused-ring (bicyclic) bond motifs is 20. The van der Waals surface area contributed by atoms with Crippen LogP contribution in [0.3, 0.4) is 0 Å². The summed E-state index contributed by atoms with van der Waals surface area (Å²) in [6, 6.07) is 69.8. The maximum absolute atomic E-state index is 6.71. The van der Waals surface area contributed by atoms with Crippen LogP contribution in [-0.4, -0.2) is 4.57 Å². The van der Waals surface area contributed by atoms with Crippen LogP contribution in [0.1, 0.15) is 22.3 Å². The molecule has 58 heavy (non-hydrogen) atoms. The first-order valence-corrected chi connectivity index (χ1v) is 20.8. The Balaban J connectivity index is 1.03. The van der Waals surface area contributed by atoms with E-state index in [1.165, 1.54) is 97.6 Å². The summed E-state index contributed by atoms with van der Waals surface area (Å²) in [6.45, 7) is 0. The summed E-state index contributed by atoms with van der Waals surface area (Å²) in [5.74, 6) is 0. The van der Waals surface area contributed by atoms with Gasteiger partial charge < -0.3 is 8.98 Å². The summed E-state index contributed by atoms with van der Waals surface area (Å²) in [5, 5.41) is 7.37. The molecule has 0 saturated carbocycles. The molecule has 12 aromatic rings. The number of hydrogen-bond acceptors (Lipinski definition) is 2. The third kappa shape index (κ3) is 3.73. The van der Waals surface area contributed by atoms with Crippen LogP contribution in [0.15, 0.2) is 192 Å². The zero-order chi connectivity index (χ0) is 37.7. The van der Waals surface area contributed by atoms with Crippen molar-refractivity contribution < 1.29 is 4.42 Å². The van der Waals surface area contributed by atoms with Crippen LogP contribution in [0, 0.1) is 0 Å². The van der Waals surface area contributed by atoms with E-state index in [1.807, 2.05) is 11.3 Å². The molecule has 0 atom stereocenters. The van der Waals surface area contributed by atoms with Gasteiger partial charge in [0, 0.05) is 36.3 Å². The first-order valence-electron chi connectivity index (χ1n) is 20.0. The standard InChI is InChI=1S/C55H31NOS/c1-6-17-42-34(12-1)35-13-2-7-18-43(35)55(42)44-19-8-3-14-36(44)37-26-24-33(31-45(37)55)32-25-28-48-41(30-32)52-47(21-11-22-49(52)57-48)56-46-20-9-4-15-38(46)39-27-29-51-53(54(39)56)40-16-5-10-23-50(40)58-51/h1-31H. The van der Waals surface area contributed by atoms with E-state index in [0.717, 1.165) is 27.6 Å². The molecule has 3 heterocycles. The molecule has 0 amide bonds. The fourth-order valence-electron chi connectivity index (χ4n) is 11.0. The lowest BCUT2D eigenvalue weighted by Crippen LogP contribution is -2.25. The van der Waals surface area contributed by atoms with Gasteiger partial charge in [0.2, 0.25) is 0 Å². The molecule has 2 aliphatic carbocycles. The van der Waals surface area contributed by atoms with Gasteiger partial charge in [0.05, 0.1) is 27.5 Å². The molecule has 268 valence electrons. The zero-order valence-corrected chi connectivity index (χ0v) is 32.0. The smallest absolute Gasteiger partial charge is 0.137 e. The molecule has 3 aromatic heterocycles. The average molecular weight is 754 g/mol. The van der Waals surface area contributed by atoms with E-state index < -0.39 is 0 Å². The Hall–Kier alpha value is -7.20. The molecule has 2 aliphatic rings. The van der Waals surface area contributed by atoms with E-state index in [2.05, 4.69) is 193 Å². The molecule has 9 aromatic carbocycles. The van der Waals surface area contributed by atoms with Crippen molar-refractivity contribution in [3.05, 3.63) is 210 Å². The van der Waals surface area contributed by atoms with Crippen LogP contribution in [0.25, 0.3) is 103 Å². The monoisotopic (exact) mass is 753 g/mol. The highest BCUT2D eigenvalue weighted by Crippen LogP contribution is 2.63. The van der Waals surface area contributed by atoms with Crippen molar-refractivity contribution in [1.29, 1.82) is 0 Å². The third-order valence-electron chi connectivity index (χ3n) is 13.2. The third-order valence-corrected chi connectivity index (χ3v) is 14.4. The molecule has 14 rings (SSSR count). The predicted molar refractivity (Wildman–Crippen MR) is 243 cm³/mol.